The quantitative estimate of drug-likeness (QED) is 0.354. The minimum atomic E-state index is -0.724. The third-order valence-electron chi connectivity index (χ3n) is 5.21. The molecule has 10 heteroatoms. The van der Waals surface area contributed by atoms with E-state index in [1.807, 2.05) is 19.9 Å². The fraction of sp³-hybridized carbons (Fsp3) is 0.167. The standard InChI is InChI=1S/C24H19ClN4O4S/c1-14-15(2)29(11-18-7-4-8-32-18)22(19(14)10-26)28-21(30)12-33-24(31)20-13-34-23(27-20)16-5-3-6-17(25)9-16/h3-9,13H,11-12H2,1-2H3,(H,28,30). The number of nitrogens with zero attached hydrogens (tertiary/aromatic N) is 3. The first-order valence-electron chi connectivity index (χ1n) is 10.2. The molecule has 0 spiro atoms. The van der Waals surface area contributed by atoms with E-state index in [0.29, 0.717) is 33.7 Å². The molecule has 4 aromatic rings. The number of halogens is 1. The Balaban J connectivity index is 1.44. The molecule has 3 aromatic heterocycles. The van der Waals surface area contributed by atoms with Gasteiger partial charge in [0.15, 0.2) is 12.3 Å². The molecular weight excluding hydrogens is 476 g/mol. The fourth-order valence-electron chi connectivity index (χ4n) is 3.38. The summed E-state index contributed by atoms with van der Waals surface area (Å²) in [5.41, 5.74) is 2.78. The van der Waals surface area contributed by atoms with E-state index in [1.165, 1.54) is 11.3 Å². The highest BCUT2D eigenvalue weighted by Crippen LogP contribution is 2.28. The van der Waals surface area contributed by atoms with Crippen molar-refractivity contribution in [3.05, 3.63) is 81.3 Å². The summed E-state index contributed by atoms with van der Waals surface area (Å²) in [5.74, 6) is -0.303. The van der Waals surface area contributed by atoms with Gasteiger partial charge >= 0.3 is 5.97 Å². The predicted octanol–water partition coefficient (Wildman–Crippen LogP) is 5.19. The van der Waals surface area contributed by atoms with E-state index >= 15 is 0 Å². The van der Waals surface area contributed by atoms with Gasteiger partial charge in [-0.05, 0) is 43.7 Å². The van der Waals surface area contributed by atoms with Crippen LogP contribution in [0, 0.1) is 25.2 Å². The maximum atomic E-state index is 12.6. The Morgan fingerprint density at radius 1 is 1.29 bits per heavy atom. The van der Waals surface area contributed by atoms with Gasteiger partial charge in [-0.2, -0.15) is 5.26 Å². The van der Waals surface area contributed by atoms with Gasteiger partial charge in [-0.15, -0.1) is 11.3 Å². The number of thiazole rings is 1. The highest BCUT2D eigenvalue weighted by atomic mass is 35.5. The highest BCUT2D eigenvalue weighted by molar-refractivity contribution is 7.13. The molecule has 0 saturated heterocycles. The maximum Gasteiger partial charge on any atom is 0.358 e. The van der Waals surface area contributed by atoms with Crippen molar-refractivity contribution in [2.24, 2.45) is 0 Å². The summed E-state index contributed by atoms with van der Waals surface area (Å²) in [7, 11) is 0. The van der Waals surface area contributed by atoms with Gasteiger partial charge in [0.25, 0.3) is 5.91 Å². The van der Waals surface area contributed by atoms with E-state index in [2.05, 4.69) is 16.4 Å². The van der Waals surface area contributed by atoms with Crippen molar-refractivity contribution in [2.75, 3.05) is 11.9 Å². The number of hydrogen-bond acceptors (Lipinski definition) is 7. The average molecular weight is 495 g/mol. The van der Waals surface area contributed by atoms with Gasteiger partial charge in [0.1, 0.15) is 22.7 Å². The monoisotopic (exact) mass is 494 g/mol. The second kappa shape index (κ2) is 9.95. The number of furan rings is 1. The summed E-state index contributed by atoms with van der Waals surface area (Å²) in [6.07, 6.45) is 1.56. The molecular formula is C24H19ClN4O4S. The molecule has 0 bridgehead atoms. The molecule has 0 aliphatic carbocycles. The number of aromatic nitrogens is 2. The first-order valence-corrected chi connectivity index (χ1v) is 11.4. The zero-order chi connectivity index (χ0) is 24.2. The molecule has 0 aliphatic rings. The normalized spacial score (nSPS) is 10.6. The largest absolute Gasteiger partial charge is 0.467 e. The van der Waals surface area contributed by atoms with Crippen LogP contribution in [0.25, 0.3) is 10.6 Å². The van der Waals surface area contributed by atoms with Crippen LogP contribution >= 0.6 is 22.9 Å². The van der Waals surface area contributed by atoms with Crippen molar-refractivity contribution in [1.29, 1.82) is 5.26 Å². The van der Waals surface area contributed by atoms with Crippen molar-refractivity contribution in [3.63, 3.8) is 0 Å². The Morgan fingerprint density at radius 3 is 2.82 bits per heavy atom. The summed E-state index contributed by atoms with van der Waals surface area (Å²) in [5, 5.41) is 15.0. The molecule has 1 aromatic carbocycles. The molecule has 0 atom stereocenters. The van der Waals surface area contributed by atoms with E-state index in [0.717, 1.165) is 16.8 Å². The third-order valence-corrected chi connectivity index (χ3v) is 6.34. The van der Waals surface area contributed by atoms with Crippen molar-refractivity contribution >= 4 is 40.6 Å². The average Bonchev–Trinajstić information content (AvgIpc) is 3.56. The number of ether oxygens (including phenoxy) is 1. The number of benzene rings is 1. The number of carbonyl (C=O) groups is 2. The van der Waals surface area contributed by atoms with Crippen molar-refractivity contribution in [3.8, 4) is 16.6 Å². The van der Waals surface area contributed by atoms with Crippen LogP contribution in [0.15, 0.2) is 52.5 Å². The summed E-state index contributed by atoms with van der Waals surface area (Å²) in [6.45, 7) is 3.47. The second-order valence-corrected chi connectivity index (χ2v) is 8.68. The molecule has 1 N–H and O–H groups in total. The first kappa shape index (κ1) is 23.3. The van der Waals surface area contributed by atoms with Crippen molar-refractivity contribution in [1.82, 2.24) is 9.55 Å². The van der Waals surface area contributed by atoms with E-state index in [4.69, 9.17) is 20.8 Å². The van der Waals surface area contributed by atoms with Crippen LogP contribution in [-0.2, 0) is 16.1 Å². The lowest BCUT2D eigenvalue weighted by Crippen LogP contribution is -2.23. The molecule has 3 heterocycles. The molecule has 4 rings (SSSR count). The van der Waals surface area contributed by atoms with Gasteiger partial charge in [-0.3, -0.25) is 4.79 Å². The van der Waals surface area contributed by atoms with Crippen LogP contribution < -0.4 is 5.32 Å². The Morgan fingerprint density at radius 2 is 2.12 bits per heavy atom. The lowest BCUT2D eigenvalue weighted by molar-refractivity contribution is -0.119. The zero-order valence-corrected chi connectivity index (χ0v) is 19.9. The molecule has 8 nitrogen and oxygen atoms in total. The van der Waals surface area contributed by atoms with Crippen molar-refractivity contribution < 1.29 is 18.7 Å². The minimum absolute atomic E-state index is 0.0957. The van der Waals surface area contributed by atoms with Crippen LogP contribution in [0.4, 0.5) is 5.82 Å². The van der Waals surface area contributed by atoms with Gasteiger partial charge in [0.2, 0.25) is 0 Å². The Bertz CT molecular complexity index is 1400. The van der Waals surface area contributed by atoms with Gasteiger partial charge in [0, 0.05) is 21.7 Å². The van der Waals surface area contributed by atoms with Gasteiger partial charge < -0.3 is 19.0 Å². The smallest absolute Gasteiger partial charge is 0.358 e. The van der Waals surface area contributed by atoms with Crippen LogP contribution in [0.5, 0.6) is 0 Å². The molecule has 172 valence electrons. The van der Waals surface area contributed by atoms with Crippen LogP contribution in [-0.4, -0.2) is 28.0 Å². The summed E-state index contributed by atoms with van der Waals surface area (Å²) < 4.78 is 12.3. The molecule has 0 fully saturated rings. The number of nitriles is 1. The lowest BCUT2D eigenvalue weighted by Gasteiger charge is -2.12. The van der Waals surface area contributed by atoms with Crippen LogP contribution in [0.2, 0.25) is 5.02 Å². The Kier molecular flexibility index (Phi) is 6.82. The molecule has 0 aliphatic heterocycles. The van der Waals surface area contributed by atoms with E-state index in [1.54, 1.807) is 46.5 Å². The maximum absolute atomic E-state index is 12.6. The summed E-state index contributed by atoms with van der Waals surface area (Å²) in [4.78, 5) is 29.3. The SMILES string of the molecule is Cc1c(C#N)c(NC(=O)COC(=O)c2csc(-c3cccc(Cl)c3)n2)n(Cc2ccco2)c1C. The minimum Gasteiger partial charge on any atom is -0.467 e. The van der Waals surface area contributed by atoms with Crippen LogP contribution in [0.1, 0.15) is 33.1 Å². The molecule has 1 amide bonds. The Labute approximate surface area is 204 Å². The van der Waals surface area contributed by atoms with Gasteiger partial charge in [0.05, 0.1) is 18.4 Å². The molecule has 34 heavy (non-hydrogen) atoms. The lowest BCUT2D eigenvalue weighted by atomic mass is 10.2. The third kappa shape index (κ3) is 4.88. The van der Waals surface area contributed by atoms with Crippen molar-refractivity contribution in [2.45, 2.75) is 20.4 Å². The molecule has 0 radical (unpaired) electrons. The topological polar surface area (TPSA) is 110 Å². The number of nitrogens with one attached hydrogen (secondary N) is 1. The number of amides is 1. The molecule has 0 saturated carbocycles. The fourth-order valence-corrected chi connectivity index (χ4v) is 4.36. The molecule has 0 unspecified atom stereocenters. The second-order valence-electron chi connectivity index (χ2n) is 7.38. The summed E-state index contributed by atoms with van der Waals surface area (Å²) >= 11 is 7.28. The number of anilines is 1. The van der Waals surface area contributed by atoms with Gasteiger partial charge in [-0.25, -0.2) is 9.78 Å². The number of hydrogen-bond donors (Lipinski definition) is 1. The number of esters is 1. The highest BCUT2D eigenvalue weighted by Gasteiger charge is 2.21. The first-order chi connectivity index (χ1) is 16.4. The predicted molar refractivity (Wildman–Crippen MR) is 128 cm³/mol. The number of carbonyl (C=O) groups excluding carboxylic acids is 2. The summed E-state index contributed by atoms with van der Waals surface area (Å²) in [6, 6.07) is 12.8. The van der Waals surface area contributed by atoms with E-state index in [9.17, 15) is 14.9 Å². The van der Waals surface area contributed by atoms with E-state index in [-0.39, 0.29) is 5.69 Å². The van der Waals surface area contributed by atoms with Crippen LogP contribution in [0.3, 0.4) is 0 Å². The number of rotatable bonds is 7. The van der Waals surface area contributed by atoms with E-state index < -0.39 is 18.5 Å². The Hall–Kier alpha value is -3.87. The zero-order valence-electron chi connectivity index (χ0n) is 18.3. The van der Waals surface area contributed by atoms with Gasteiger partial charge in [-0.1, -0.05) is 23.7 Å².